The van der Waals surface area contributed by atoms with Crippen LogP contribution >= 0.6 is 11.3 Å². The van der Waals surface area contributed by atoms with Gasteiger partial charge in [0, 0.05) is 35.2 Å². The number of aromatic nitrogens is 2. The molecule has 21 heavy (non-hydrogen) atoms. The molecule has 0 unspecified atom stereocenters. The molecular formula is C15H16N4OS. The highest BCUT2D eigenvalue weighted by Crippen LogP contribution is 2.23. The highest BCUT2D eigenvalue weighted by molar-refractivity contribution is 7.09. The van der Waals surface area contributed by atoms with Gasteiger partial charge in [0.15, 0.2) is 0 Å². The van der Waals surface area contributed by atoms with Crippen LogP contribution in [0.5, 0.6) is 0 Å². The number of rotatable bonds is 3. The number of carbonyl (C=O) groups is 1. The first-order valence-electron chi connectivity index (χ1n) is 6.63. The number of aryl methyl sites for hydroxylation is 2. The van der Waals surface area contributed by atoms with Crippen molar-refractivity contribution in [1.82, 2.24) is 14.9 Å². The van der Waals surface area contributed by atoms with E-state index in [1.54, 1.807) is 11.3 Å². The zero-order valence-corrected chi connectivity index (χ0v) is 12.7. The van der Waals surface area contributed by atoms with E-state index in [0.29, 0.717) is 6.54 Å². The Morgan fingerprint density at radius 2 is 2.24 bits per heavy atom. The van der Waals surface area contributed by atoms with Crippen LogP contribution in [0.3, 0.4) is 0 Å². The average molecular weight is 300 g/mol. The number of anilines is 1. The van der Waals surface area contributed by atoms with Crippen molar-refractivity contribution < 1.29 is 4.79 Å². The molecule has 0 saturated heterocycles. The van der Waals surface area contributed by atoms with Gasteiger partial charge in [-0.05, 0) is 25.1 Å². The predicted octanol–water partition coefficient (Wildman–Crippen LogP) is 3.26. The molecule has 0 atom stereocenters. The number of thiazole rings is 1. The molecule has 3 aromatic rings. The molecular weight excluding hydrogens is 284 g/mol. The lowest BCUT2D eigenvalue weighted by Crippen LogP contribution is -2.28. The lowest BCUT2D eigenvalue weighted by Gasteiger charge is -2.08. The lowest BCUT2D eigenvalue weighted by molar-refractivity contribution is 0.251. The van der Waals surface area contributed by atoms with Crippen molar-refractivity contribution in [1.29, 1.82) is 0 Å². The van der Waals surface area contributed by atoms with Crippen LogP contribution in [-0.2, 0) is 13.6 Å². The maximum atomic E-state index is 12.0. The van der Waals surface area contributed by atoms with Gasteiger partial charge in [0.05, 0.1) is 12.2 Å². The van der Waals surface area contributed by atoms with Gasteiger partial charge in [-0.2, -0.15) is 0 Å². The number of fused-ring (bicyclic) bond motifs is 1. The van der Waals surface area contributed by atoms with Crippen LogP contribution in [-0.4, -0.2) is 15.6 Å². The van der Waals surface area contributed by atoms with Crippen molar-refractivity contribution in [2.45, 2.75) is 13.5 Å². The van der Waals surface area contributed by atoms with Gasteiger partial charge in [-0.25, -0.2) is 9.78 Å². The van der Waals surface area contributed by atoms with E-state index in [9.17, 15) is 4.79 Å². The Morgan fingerprint density at radius 3 is 3.00 bits per heavy atom. The van der Waals surface area contributed by atoms with Crippen molar-refractivity contribution in [2.24, 2.45) is 7.05 Å². The monoisotopic (exact) mass is 300 g/mol. The van der Waals surface area contributed by atoms with Crippen molar-refractivity contribution in [3.05, 3.63) is 46.5 Å². The maximum absolute atomic E-state index is 12.0. The van der Waals surface area contributed by atoms with Crippen LogP contribution in [0, 0.1) is 6.92 Å². The standard InChI is InChI=1S/C15H16N4OS/c1-10-9-21-14(17-10)8-16-15(20)18-12-4-3-5-13-11(12)6-7-19(13)2/h3-7,9H,8H2,1-2H3,(H2,16,18,20). The third-order valence-electron chi connectivity index (χ3n) is 3.24. The van der Waals surface area contributed by atoms with E-state index in [4.69, 9.17) is 0 Å². The lowest BCUT2D eigenvalue weighted by atomic mass is 10.2. The van der Waals surface area contributed by atoms with Crippen LogP contribution in [0.1, 0.15) is 10.7 Å². The predicted molar refractivity (Wildman–Crippen MR) is 85.6 cm³/mol. The highest BCUT2D eigenvalue weighted by Gasteiger charge is 2.08. The molecule has 0 aliphatic carbocycles. The fraction of sp³-hybridized carbons (Fsp3) is 0.200. The molecule has 0 fully saturated rings. The minimum Gasteiger partial charge on any atom is -0.350 e. The summed E-state index contributed by atoms with van der Waals surface area (Å²) in [6.07, 6.45) is 1.98. The molecule has 6 heteroatoms. The summed E-state index contributed by atoms with van der Waals surface area (Å²) >= 11 is 1.55. The molecule has 1 aromatic carbocycles. The number of hydrogen-bond donors (Lipinski definition) is 2. The second kappa shape index (κ2) is 5.57. The van der Waals surface area contributed by atoms with Crippen molar-refractivity contribution >= 4 is 34.0 Å². The van der Waals surface area contributed by atoms with Gasteiger partial charge < -0.3 is 15.2 Å². The molecule has 3 rings (SSSR count). The first kappa shape index (κ1) is 13.6. The normalized spacial score (nSPS) is 10.8. The molecule has 108 valence electrons. The van der Waals surface area contributed by atoms with Gasteiger partial charge in [0.1, 0.15) is 5.01 Å². The molecule has 0 radical (unpaired) electrons. The molecule has 0 spiro atoms. The molecule has 0 saturated carbocycles. The van der Waals surface area contributed by atoms with E-state index in [-0.39, 0.29) is 6.03 Å². The summed E-state index contributed by atoms with van der Waals surface area (Å²) in [7, 11) is 1.98. The highest BCUT2D eigenvalue weighted by atomic mass is 32.1. The second-order valence-corrected chi connectivity index (χ2v) is 5.80. The number of carbonyl (C=O) groups excluding carboxylic acids is 1. The number of urea groups is 1. The smallest absolute Gasteiger partial charge is 0.319 e. The Hall–Kier alpha value is -2.34. The Kier molecular flexibility index (Phi) is 3.62. The summed E-state index contributed by atoms with van der Waals surface area (Å²) < 4.78 is 2.02. The summed E-state index contributed by atoms with van der Waals surface area (Å²) in [5.74, 6) is 0. The quantitative estimate of drug-likeness (QED) is 0.780. The summed E-state index contributed by atoms with van der Waals surface area (Å²) in [6, 6.07) is 7.63. The van der Waals surface area contributed by atoms with Gasteiger partial charge in [-0.15, -0.1) is 11.3 Å². The van der Waals surface area contributed by atoms with Crippen LogP contribution in [0.2, 0.25) is 0 Å². The molecule has 0 aliphatic heterocycles. The Balaban J connectivity index is 1.69. The molecule has 0 bridgehead atoms. The van der Waals surface area contributed by atoms with Crippen molar-refractivity contribution in [2.75, 3.05) is 5.32 Å². The molecule has 2 heterocycles. The van der Waals surface area contributed by atoms with Crippen LogP contribution in [0.4, 0.5) is 10.5 Å². The fourth-order valence-electron chi connectivity index (χ4n) is 2.22. The van der Waals surface area contributed by atoms with Crippen LogP contribution in [0.15, 0.2) is 35.8 Å². The number of nitrogens with one attached hydrogen (secondary N) is 2. The van der Waals surface area contributed by atoms with E-state index in [1.807, 2.05) is 54.4 Å². The first-order valence-corrected chi connectivity index (χ1v) is 7.51. The van der Waals surface area contributed by atoms with Crippen LogP contribution in [0.25, 0.3) is 10.9 Å². The van der Waals surface area contributed by atoms with Gasteiger partial charge in [-0.3, -0.25) is 0 Å². The second-order valence-electron chi connectivity index (χ2n) is 4.86. The summed E-state index contributed by atoms with van der Waals surface area (Å²) in [6.45, 7) is 2.38. The zero-order valence-electron chi connectivity index (χ0n) is 11.9. The molecule has 2 amide bonds. The zero-order chi connectivity index (χ0) is 14.8. The molecule has 5 nitrogen and oxygen atoms in total. The largest absolute Gasteiger partial charge is 0.350 e. The minimum atomic E-state index is -0.223. The fourth-order valence-corrected chi connectivity index (χ4v) is 2.93. The number of amides is 2. The SMILES string of the molecule is Cc1csc(CNC(=O)Nc2cccc3c2ccn3C)n1. The topological polar surface area (TPSA) is 59.0 Å². The minimum absolute atomic E-state index is 0.223. The summed E-state index contributed by atoms with van der Waals surface area (Å²) in [5.41, 5.74) is 2.87. The number of benzene rings is 1. The van der Waals surface area contributed by atoms with Gasteiger partial charge in [0.2, 0.25) is 0 Å². The number of hydrogen-bond acceptors (Lipinski definition) is 3. The third kappa shape index (κ3) is 2.90. The van der Waals surface area contributed by atoms with E-state index in [0.717, 1.165) is 27.3 Å². The van der Waals surface area contributed by atoms with E-state index >= 15 is 0 Å². The van der Waals surface area contributed by atoms with E-state index in [1.165, 1.54) is 0 Å². The van der Waals surface area contributed by atoms with Crippen LogP contribution < -0.4 is 10.6 Å². The summed E-state index contributed by atoms with van der Waals surface area (Å²) in [5, 5.41) is 9.62. The number of nitrogens with zero attached hydrogens (tertiary/aromatic N) is 2. The average Bonchev–Trinajstić information content (AvgIpc) is 3.04. The Morgan fingerprint density at radius 1 is 1.38 bits per heavy atom. The van der Waals surface area contributed by atoms with E-state index < -0.39 is 0 Å². The Labute approximate surface area is 126 Å². The van der Waals surface area contributed by atoms with Gasteiger partial charge >= 0.3 is 6.03 Å². The summed E-state index contributed by atoms with van der Waals surface area (Å²) in [4.78, 5) is 16.3. The van der Waals surface area contributed by atoms with Gasteiger partial charge in [-0.1, -0.05) is 6.07 Å². The van der Waals surface area contributed by atoms with E-state index in [2.05, 4.69) is 15.6 Å². The Bertz CT molecular complexity index is 790. The van der Waals surface area contributed by atoms with Crippen molar-refractivity contribution in [3.8, 4) is 0 Å². The molecule has 2 aromatic heterocycles. The van der Waals surface area contributed by atoms with Crippen molar-refractivity contribution in [3.63, 3.8) is 0 Å². The first-order chi connectivity index (χ1) is 10.1. The maximum Gasteiger partial charge on any atom is 0.319 e. The molecule has 2 N–H and O–H groups in total. The third-order valence-corrected chi connectivity index (χ3v) is 4.21. The molecule has 0 aliphatic rings. The van der Waals surface area contributed by atoms with Gasteiger partial charge in [0.25, 0.3) is 0 Å².